The molecule has 8 nitrogen and oxygen atoms in total. The van der Waals surface area contributed by atoms with Crippen molar-refractivity contribution in [2.45, 2.75) is 38.3 Å². The Labute approximate surface area is 152 Å². The first kappa shape index (κ1) is 17.9. The molecule has 3 N–H and O–H groups in total. The summed E-state index contributed by atoms with van der Waals surface area (Å²) < 4.78 is 5.98. The quantitative estimate of drug-likeness (QED) is 0.626. The number of urea groups is 1. The average Bonchev–Trinajstić information content (AvgIpc) is 3.18. The summed E-state index contributed by atoms with van der Waals surface area (Å²) in [6.45, 7) is 1.37. The highest BCUT2D eigenvalue weighted by Crippen LogP contribution is 2.24. The van der Waals surface area contributed by atoms with Crippen molar-refractivity contribution < 1.29 is 9.53 Å². The Morgan fingerprint density at radius 3 is 2.62 bits per heavy atom. The number of amides is 2. The van der Waals surface area contributed by atoms with Crippen LogP contribution in [0.25, 0.3) is 0 Å². The van der Waals surface area contributed by atoms with Crippen molar-refractivity contribution in [1.29, 1.82) is 0 Å². The minimum Gasteiger partial charge on any atom is -0.474 e. The second-order valence-corrected chi connectivity index (χ2v) is 6.10. The smallest absolute Gasteiger partial charge is 0.315 e. The number of anilines is 1. The van der Waals surface area contributed by atoms with E-state index in [2.05, 4.69) is 30.9 Å². The van der Waals surface area contributed by atoms with E-state index in [1.165, 1.54) is 12.8 Å². The fourth-order valence-electron chi connectivity index (χ4n) is 2.81. The van der Waals surface area contributed by atoms with Gasteiger partial charge in [0.15, 0.2) is 0 Å². The third kappa shape index (κ3) is 5.58. The van der Waals surface area contributed by atoms with Gasteiger partial charge in [0, 0.05) is 43.8 Å². The topological polar surface area (TPSA) is 101 Å². The summed E-state index contributed by atoms with van der Waals surface area (Å²) in [5.74, 6) is 1.15. The Bertz CT molecular complexity index is 691. The summed E-state index contributed by atoms with van der Waals surface area (Å²) in [4.78, 5) is 24.4. The SMILES string of the molecule is O=C(NCCNc1ncccn1)NCc1cccnc1OC1CCCC1. The van der Waals surface area contributed by atoms with Crippen molar-refractivity contribution >= 4 is 12.0 Å². The number of nitrogens with zero attached hydrogens (tertiary/aromatic N) is 3. The van der Waals surface area contributed by atoms with Gasteiger partial charge in [0.2, 0.25) is 11.8 Å². The average molecular weight is 356 g/mol. The Balaban J connectivity index is 1.38. The standard InChI is InChI=1S/C18H24N6O2/c25-18(23-12-11-22-17-20-9-4-10-21-17)24-13-14-5-3-8-19-16(14)26-15-6-1-2-7-15/h3-5,8-10,15H,1-2,6-7,11-13H2,(H,20,21,22)(H2,23,24,25). The number of hydrogen-bond donors (Lipinski definition) is 3. The van der Waals surface area contributed by atoms with Gasteiger partial charge < -0.3 is 20.7 Å². The molecule has 2 heterocycles. The molecule has 0 bridgehead atoms. The van der Waals surface area contributed by atoms with E-state index in [-0.39, 0.29) is 12.1 Å². The highest BCUT2D eigenvalue weighted by Gasteiger charge is 2.18. The molecular weight excluding hydrogens is 332 g/mol. The van der Waals surface area contributed by atoms with Crippen molar-refractivity contribution in [2.24, 2.45) is 0 Å². The lowest BCUT2D eigenvalue weighted by Crippen LogP contribution is -2.37. The van der Waals surface area contributed by atoms with Gasteiger partial charge in [-0.2, -0.15) is 0 Å². The van der Waals surface area contributed by atoms with E-state index < -0.39 is 0 Å². The first-order chi connectivity index (χ1) is 12.8. The van der Waals surface area contributed by atoms with Gasteiger partial charge in [0.25, 0.3) is 0 Å². The largest absolute Gasteiger partial charge is 0.474 e. The molecule has 1 fully saturated rings. The molecule has 2 aromatic heterocycles. The number of ether oxygens (including phenoxy) is 1. The van der Waals surface area contributed by atoms with E-state index in [1.54, 1.807) is 24.7 Å². The molecule has 1 aliphatic rings. The van der Waals surface area contributed by atoms with Gasteiger partial charge in [0.05, 0.1) is 0 Å². The van der Waals surface area contributed by atoms with Crippen LogP contribution < -0.4 is 20.7 Å². The fourth-order valence-corrected chi connectivity index (χ4v) is 2.81. The Hall–Kier alpha value is -2.90. The van der Waals surface area contributed by atoms with Gasteiger partial charge >= 0.3 is 6.03 Å². The maximum atomic E-state index is 11.9. The predicted molar refractivity (Wildman–Crippen MR) is 97.9 cm³/mol. The lowest BCUT2D eigenvalue weighted by Gasteiger charge is -2.15. The van der Waals surface area contributed by atoms with Crippen LogP contribution in [0.3, 0.4) is 0 Å². The van der Waals surface area contributed by atoms with Crippen LogP contribution in [-0.2, 0) is 6.54 Å². The third-order valence-corrected chi connectivity index (χ3v) is 4.13. The maximum Gasteiger partial charge on any atom is 0.315 e. The molecule has 0 spiro atoms. The number of hydrogen-bond acceptors (Lipinski definition) is 6. The molecule has 3 rings (SSSR count). The van der Waals surface area contributed by atoms with Crippen LogP contribution in [-0.4, -0.2) is 40.2 Å². The van der Waals surface area contributed by atoms with Crippen LogP contribution in [0.4, 0.5) is 10.7 Å². The molecule has 8 heteroatoms. The molecule has 0 unspecified atom stereocenters. The Kier molecular flexibility index (Phi) is 6.58. The van der Waals surface area contributed by atoms with E-state index in [0.717, 1.165) is 18.4 Å². The molecule has 138 valence electrons. The zero-order chi connectivity index (χ0) is 18.0. The number of carbonyl (C=O) groups is 1. The summed E-state index contributed by atoms with van der Waals surface area (Å²) in [5, 5.41) is 8.65. The molecule has 1 aliphatic carbocycles. The fraction of sp³-hybridized carbons (Fsp3) is 0.444. The highest BCUT2D eigenvalue weighted by atomic mass is 16.5. The molecule has 0 saturated heterocycles. The molecule has 0 aliphatic heterocycles. The van der Waals surface area contributed by atoms with Crippen LogP contribution in [0.15, 0.2) is 36.8 Å². The normalized spacial score (nSPS) is 14.0. The highest BCUT2D eigenvalue weighted by molar-refractivity contribution is 5.73. The molecular formula is C18H24N6O2. The molecule has 0 atom stereocenters. The molecule has 2 amide bonds. The van der Waals surface area contributed by atoms with Crippen molar-refractivity contribution in [2.75, 3.05) is 18.4 Å². The zero-order valence-electron chi connectivity index (χ0n) is 14.6. The van der Waals surface area contributed by atoms with Gasteiger partial charge in [-0.25, -0.2) is 19.7 Å². The number of nitrogens with one attached hydrogen (secondary N) is 3. The van der Waals surface area contributed by atoms with Crippen LogP contribution in [0.5, 0.6) is 5.88 Å². The van der Waals surface area contributed by atoms with E-state index in [1.807, 2.05) is 12.1 Å². The lowest BCUT2D eigenvalue weighted by molar-refractivity contribution is 0.198. The van der Waals surface area contributed by atoms with Crippen LogP contribution in [0.2, 0.25) is 0 Å². The Morgan fingerprint density at radius 1 is 1.04 bits per heavy atom. The number of aromatic nitrogens is 3. The summed E-state index contributed by atoms with van der Waals surface area (Å²) in [7, 11) is 0. The second kappa shape index (κ2) is 9.55. The summed E-state index contributed by atoms with van der Waals surface area (Å²) in [6.07, 6.45) is 9.83. The van der Waals surface area contributed by atoms with Gasteiger partial charge in [0.1, 0.15) is 6.10 Å². The van der Waals surface area contributed by atoms with Crippen molar-refractivity contribution in [3.8, 4) is 5.88 Å². The minimum atomic E-state index is -0.239. The van der Waals surface area contributed by atoms with Gasteiger partial charge in [-0.1, -0.05) is 6.07 Å². The second-order valence-electron chi connectivity index (χ2n) is 6.10. The van der Waals surface area contributed by atoms with Gasteiger partial charge in [-0.3, -0.25) is 0 Å². The molecule has 0 radical (unpaired) electrons. The van der Waals surface area contributed by atoms with Crippen molar-refractivity contribution in [3.63, 3.8) is 0 Å². The minimum absolute atomic E-state index is 0.239. The molecule has 2 aromatic rings. The number of pyridine rings is 1. The van der Waals surface area contributed by atoms with Crippen LogP contribution >= 0.6 is 0 Å². The van der Waals surface area contributed by atoms with E-state index >= 15 is 0 Å². The summed E-state index contributed by atoms with van der Waals surface area (Å²) in [6, 6.07) is 5.28. The van der Waals surface area contributed by atoms with Crippen molar-refractivity contribution in [3.05, 3.63) is 42.4 Å². The van der Waals surface area contributed by atoms with Gasteiger partial charge in [-0.15, -0.1) is 0 Å². The Morgan fingerprint density at radius 2 is 1.81 bits per heavy atom. The number of carbonyl (C=O) groups excluding carboxylic acids is 1. The lowest BCUT2D eigenvalue weighted by atomic mass is 10.2. The van der Waals surface area contributed by atoms with Crippen LogP contribution in [0.1, 0.15) is 31.2 Å². The van der Waals surface area contributed by atoms with Gasteiger partial charge in [-0.05, 0) is 37.8 Å². The summed E-state index contributed by atoms with van der Waals surface area (Å²) >= 11 is 0. The number of rotatable bonds is 8. The monoisotopic (exact) mass is 356 g/mol. The molecule has 26 heavy (non-hydrogen) atoms. The summed E-state index contributed by atoms with van der Waals surface area (Å²) in [5.41, 5.74) is 0.880. The first-order valence-corrected chi connectivity index (χ1v) is 8.94. The zero-order valence-corrected chi connectivity index (χ0v) is 14.6. The maximum absolute atomic E-state index is 11.9. The van der Waals surface area contributed by atoms with Crippen molar-refractivity contribution in [1.82, 2.24) is 25.6 Å². The third-order valence-electron chi connectivity index (χ3n) is 4.13. The molecule has 0 aromatic carbocycles. The first-order valence-electron chi connectivity index (χ1n) is 8.94. The predicted octanol–water partition coefficient (Wildman–Crippen LogP) is 2.10. The molecule has 1 saturated carbocycles. The van der Waals surface area contributed by atoms with Crippen LogP contribution in [0, 0.1) is 0 Å². The van der Waals surface area contributed by atoms with E-state index in [4.69, 9.17) is 4.74 Å². The van der Waals surface area contributed by atoms with E-state index in [9.17, 15) is 4.79 Å². The van der Waals surface area contributed by atoms with E-state index in [0.29, 0.717) is 31.5 Å².